The molecule has 0 saturated carbocycles. The first-order chi connectivity index (χ1) is 6.74. The van der Waals surface area contributed by atoms with Gasteiger partial charge in [-0.15, -0.1) is 11.3 Å². The topological polar surface area (TPSA) is 45.6 Å². The maximum atomic E-state index is 11.8. The van der Waals surface area contributed by atoms with Crippen molar-refractivity contribution < 1.29 is 4.79 Å². The van der Waals surface area contributed by atoms with Crippen LogP contribution in [0.4, 0.5) is 5.13 Å². The second-order valence-electron chi connectivity index (χ2n) is 3.17. The van der Waals surface area contributed by atoms with Gasteiger partial charge in [-0.3, -0.25) is 4.79 Å². The molecule has 0 saturated heterocycles. The normalized spacial score (nSPS) is 21.6. The summed E-state index contributed by atoms with van der Waals surface area (Å²) in [4.78, 5) is 15.9. The average Bonchev–Trinajstić information content (AvgIpc) is 2.74. The molecule has 4 nitrogen and oxygen atoms in total. The highest BCUT2D eigenvalue weighted by Crippen LogP contribution is 2.26. The Hall–Kier alpha value is -1.23. The van der Waals surface area contributed by atoms with Crippen molar-refractivity contribution in [2.24, 2.45) is 11.0 Å². The van der Waals surface area contributed by atoms with Gasteiger partial charge in [0.1, 0.15) is 0 Å². The van der Waals surface area contributed by atoms with Crippen LogP contribution in [0.2, 0.25) is 0 Å². The second-order valence-corrected chi connectivity index (χ2v) is 4.04. The van der Waals surface area contributed by atoms with Gasteiger partial charge in [0.2, 0.25) is 5.13 Å². The Morgan fingerprint density at radius 1 is 1.64 bits per heavy atom. The van der Waals surface area contributed by atoms with Crippen molar-refractivity contribution in [2.45, 2.75) is 20.3 Å². The van der Waals surface area contributed by atoms with Crippen molar-refractivity contribution in [3.05, 3.63) is 11.6 Å². The Labute approximate surface area is 86.3 Å². The monoisotopic (exact) mass is 209 g/mol. The molecule has 0 aromatic carbocycles. The van der Waals surface area contributed by atoms with Crippen molar-refractivity contribution in [3.8, 4) is 0 Å². The van der Waals surface area contributed by atoms with Crippen LogP contribution in [-0.4, -0.2) is 16.6 Å². The van der Waals surface area contributed by atoms with Gasteiger partial charge in [0.25, 0.3) is 5.91 Å². The standard InChI is InChI=1S/C9H11N3OS/c1-3-7-6(2)11-12(8(7)13)9-10-4-5-14-9/h4-5,7H,3H2,1-2H3. The lowest BCUT2D eigenvalue weighted by molar-refractivity contribution is -0.119. The van der Waals surface area contributed by atoms with Crippen LogP contribution < -0.4 is 5.01 Å². The van der Waals surface area contributed by atoms with Gasteiger partial charge in [-0.05, 0) is 13.3 Å². The number of anilines is 1. The molecule has 0 spiro atoms. The fourth-order valence-corrected chi connectivity index (χ4v) is 2.13. The first-order valence-corrected chi connectivity index (χ1v) is 5.40. The smallest absolute Gasteiger partial charge is 0.258 e. The number of hydrazone groups is 1. The van der Waals surface area contributed by atoms with Crippen LogP contribution in [0.25, 0.3) is 0 Å². The zero-order valence-electron chi connectivity index (χ0n) is 8.10. The summed E-state index contributed by atoms with van der Waals surface area (Å²) in [6.07, 6.45) is 2.48. The van der Waals surface area contributed by atoms with Crippen LogP contribution in [-0.2, 0) is 4.79 Å². The highest BCUT2D eigenvalue weighted by molar-refractivity contribution is 7.13. The molecule has 2 heterocycles. The molecule has 0 fully saturated rings. The van der Waals surface area contributed by atoms with Crippen LogP contribution in [0.5, 0.6) is 0 Å². The maximum Gasteiger partial charge on any atom is 0.258 e. The Morgan fingerprint density at radius 3 is 2.93 bits per heavy atom. The molecule has 1 aromatic rings. The quantitative estimate of drug-likeness (QED) is 0.746. The number of carbonyl (C=O) groups excluding carboxylic acids is 1. The van der Waals surface area contributed by atoms with E-state index in [1.165, 1.54) is 16.3 Å². The van der Waals surface area contributed by atoms with Crippen molar-refractivity contribution in [3.63, 3.8) is 0 Å². The predicted octanol–water partition coefficient (Wildman–Crippen LogP) is 1.89. The van der Waals surface area contributed by atoms with Crippen LogP contribution in [0.1, 0.15) is 20.3 Å². The molecule has 1 atom stereocenters. The summed E-state index contributed by atoms with van der Waals surface area (Å²) in [5.74, 6) is -0.0150. The molecule has 2 rings (SSSR count). The van der Waals surface area contributed by atoms with E-state index in [2.05, 4.69) is 10.1 Å². The number of rotatable bonds is 2. The van der Waals surface area contributed by atoms with E-state index in [4.69, 9.17) is 0 Å². The molecule has 0 radical (unpaired) electrons. The number of hydrogen-bond acceptors (Lipinski definition) is 4. The molecular weight excluding hydrogens is 198 g/mol. The lowest BCUT2D eigenvalue weighted by atomic mass is 10.0. The number of aromatic nitrogens is 1. The highest BCUT2D eigenvalue weighted by Gasteiger charge is 2.33. The minimum absolute atomic E-state index is 0.0416. The fourth-order valence-electron chi connectivity index (χ4n) is 1.53. The third-order valence-electron chi connectivity index (χ3n) is 2.28. The summed E-state index contributed by atoms with van der Waals surface area (Å²) in [5.41, 5.74) is 0.882. The molecule has 1 aliphatic heterocycles. The Morgan fingerprint density at radius 2 is 2.43 bits per heavy atom. The number of carbonyl (C=O) groups is 1. The summed E-state index contributed by atoms with van der Waals surface area (Å²) < 4.78 is 0. The van der Waals surface area contributed by atoms with E-state index in [9.17, 15) is 4.79 Å². The van der Waals surface area contributed by atoms with Gasteiger partial charge in [0.15, 0.2) is 0 Å². The van der Waals surface area contributed by atoms with Crippen molar-refractivity contribution in [1.82, 2.24) is 4.98 Å². The number of nitrogens with zero attached hydrogens (tertiary/aromatic N) is 3. The van der Waals surface area contributed by atoms with Gasteiger partial charge in [0.05, 0.1) is 5.92 Å². The van der Waals surface area contributed by atoms with Gasteiger partial charge in [-0.25, -0.2) is 4.98 Å². The molecule has 1 aromatic heterocycles. The van der Waals surface area contributed by atoms with Gasteiger partial charge in [-0.1, -0.05) is 6.92 Å². The first-order valence-electron chi connectivity index (χ1n) is 4.52. The molecule has 0 aliphatic carbocycles. The zero-order valence-corrected chi connectivity index (χ0v) is 8.91. The molecule has 1 aliphatic rings. The molecule has 1 amide bonds. The summed E-state index contributed by atoms with van der Waals surface area (Å²) >= 11 is 1.43. The molecule has 0 bridgehead atoms. The van der Waals surface area contributed by atoms with E-state index in [0.717, 1.165) is 12.1 Å². The van der Waals surface area contributed by atoms with E-state index in [0.29, 0.717) is 5.13 Å². The van der Waals surface area contributed by atoms with E-state index in [1.807, 2.05) is 19.2 Å². The van der Waals surface area contributed by atoms with Gasteiger partial charge in [-0.2, -0.15) is 10.1 Å². The SMILES string of the molecule is CCC1C(=O)N(c2nccs2)N=C1C. The average molecular weight is 209 g/mol. The molecule has 5 heteroatoms. The summed E-state index contributed by atoms with van der Waals surface area (Å²) in [6.45, 7) is 3.88. The van der Waals surface area contributed by atoms with Crippen LogP contribution in [0.3, 0.4) is 0 Å². The Kier molecular flexibility index (Phi) is 2.33. The van der Waals surface area contributed by atoms with Gasteiger partial charge >= 0.3 is 0 Å². The predicted molar refractivity (Wildman–Crippen MR) is 56.5 cm³/mol. The van der Waals surface area contributed by atoms with E-state index < -0.39 is 0 Å². The largest absolute Gasteiger partial charge is 0.272 e. The highest BCUT2D eigenvalue weighted by atomic mass is 32.1. The molecule has 1 unspecified atom stereocenters. The van der Waals surface area contributed by atoms with Gasteiger partial charge < -0.3 is 0 Å². The van der Waals surface area contributed by atoms with Crippen molar-refractivity contribution >= 4 is 28.1 Å². The third-order valence-corrected chi connectivity index (χ3v) is 3.02. The van der Waals surface area contributed by atoms with Crippen molar-refractivity contribution in [1.29, 1.82) is 0 Å². The van der Waals surface area contributed by atoms with Crippen LogP contribution in [0, 0.1) is 5.92 Å². The molecule has 14 heavy (non-hydrogen) atoms. The van der Waals surface area contributed by atoms with Crippen LogP contribution >= 0.6 is 11.3 Å². The van der Waals surface area contributed by atoms with Crippen molar-refractivity contribution in [2.75, 3.05) is 5.01 Å². The summed E-state index contributed by atoms with van der Waals surface area (Å²) in [6, 6.07) is 0. The van der Waals surface area contributed by atoms with E-state index >= 15 is 0 Å². The van der Waals surface area contributed by atoms with Crippen LogP contribution in [0.15, 0.2) is 16.7 Å². The molecule has 0 N–H and O–H groups in total. The molecular formula is C9H11N3OS. The first kappa shape index (κ1) is 9.33. The fraction of sp³-hybridized carbons (Fsp3) is 0.444. The number of thiazole rings is 1. The van der Waals surface area contributed by atoms with E-state index in [1.54, 1.807) is 6.20 Å². The molecule has 74 valence electrons. The lowest BCUT2D eigenvalue weighted by Gasteiger charge is -2.09. The summed E-state index contributed by atoms with van der Waals surface area (Å²) in [5, 5.41) is 8.12. The maximum absolute atomic E-state index is 11.8. The number of hydrogen-bond donors (Lipinski definition) is 0. The van der Waals surface area contributed by atoms with Gasteiger partial charge in [0, 0.05) is 17.3 Å². The lowest BCUT2D eigenvalue weighted by Crippen LogP contribution is -2.26. The zero-order chi connectivity index (χ0) is 10.1. The minimum atomic E-state index is -0.0566. The number of amides is 1. The third kappa shape index (κ3) is 1.33. The Bertz CT molecular complexity index is 371. The van der Waals surface area contributed by atoms with E-state index in [-0.39, 0.29) is 11.8 Å². The Balaban J connectivity index is 2.29. The minimum Gasteiger partial charge on any atom is -0.272 e. The second kappa shape index (κ2) is 3.49. The summed E-state index contributed by atoms with van der Waals surface area (Å²) in [7, 11) is 0.